The van der Waals surface area contributed by atoms with Crippen LogP contribution in [0, 0.1) is 5.92 Å². The lowest BCUT2D eigenvalue weighted by Crippen LogP contribution is -2.36. The molecule has 0 aromatic heterocycles. The molecular weight excluding hydrogens is 166 g/mol. The van der Waals surface area contributed by atoms with Gasteiger partial charge >= 0.3 is 0 Å². The van der Waals surface area contributed by atoms with E-state index in [4.69, 9.17) is 0 Å². The van der Waals surface area contributed by atoms with Gasteiger partial charge in [0.15, 0.2) is 0 Å². The minimum absolute atomic E-state index is 0.00516. The maximum atomic E-state index is 11.6. The van der Waals surface area contributed by atoms with E-state index in [1.165, 1.54) is 6.42 Å². The lowest BCUT2D eigenvalue weighted by molar-refractivity contribution is -0.133. The monoisotopic (exact) mass is 184 g/mol. The first-order valence-electron chi connectivity index (χ1n) is 5.10. The first kappa shape index (κ1) is 10.5. The Labute approximate surface area is 79.7 Å². The number of hydrogen-bond acceptors (Lipinski definition) is 1. The van der Waals surface area contributed by atoms with E-state index in [1.54, 1.807) is 0 Å². The van der Waals surface area contributed by atoms with Crippen LogP contribution in [0.5, 0.6) is 0 Å². The standard InChI is InChI=1S/C10H18NO2/c1-9(8-12)7-10(13)11-5-3-2-4-6-11/h9H,2-8H2,1H3. The van der Waals surface area contributed by atoms with Crippen LogP contribution >= 0.6 is 0 Å². The quantitative estimate of drug-likeness (QED) is 0.654. The Morgan fingerprint density at radius 3 is 2.46 bits per heavy atom. The third-order valence-corrected chi connectivity index (χ3v) is 2.52. The molecule has 75 valence electrons. The Morgan fingerprint density at radius 2 is 1.92 bits per heavy atom. The molecule has 3 heteroatoms. The van der Waals surface area contributed by atoms with Crippen LogP contribution in [0.3, 0.4) is 0 Å². The lowest BCUT2D eigenvalue weighted by atomic mass is 10.1. The highest BCUT2D eigenvalue weighted by Crippen LogP contribution is 2.12. The second-order valence-electron chi connectivity index (χ2n) is 3.92. The minimum Gasteiger partial charge on any atom is -0.343 e. The number of hydrogen-bond donors (Lipinski definition) is 0. The average Bonchev–Trinajstić information content (AvgIpc) is 2.19. The zero-order valence-corrected chi connectivity index (χ0v) is 8.29. The molecule has 0 N–H and O–H groups in total. The molecule has 1 aliphatic rings. The van der Waals surface area contributed by atoms with E-state index in [2.05, 4.69) is 0 Å². The van der Waals surface area contributed by atoms with E-state index in [-0.39, 0.29) is 18.4 Å². The fourth-order valence-electron chi connectivity index (χ4n) is 1.63. The summed E-state index contributed by atoms with van der Waals surface area (Å²) in [5.41, 5.74) is 0. The molecule has 1 radical (unpaired) electrons. The van der Waals surface area contributed by atoms with E-state index < -0.39 is 0 Å². The molecule has 1 heterocycles. The zero-order chi connectivity index (χ0) is 9.68. The maximum absolute atomic E-state index is 11.6. The highest BCUT2D eigenvalue weighted by Gasteiger charge is 2.18. The summed E-state index contributed by atoms with van der Waals surface area (Å²) in [5.74, 6) is 0.164. The van der Waals surface area contributed by atoms with Crippen molar-refractivity contribution < 1.29 is 9.90 Å². The van der Waals surface area contributed by atoms with E-state index in [1.807, 2.05) is 11.8 Å². The molecule has 3 nitrogen and oxygen atoms in total. The van der Waals surface area contributed by atoms with Crippen LogP contribution in [-0.2, 0) is 9.90 Å². The van der Waals surface area contributed by atoms with Crippen molar-refractivity contribution in [2.75, 3.05) is 19.7 Å². The minimum atomic E-state index is -0.139. The predicted octanol–water partition coefficient (Wildman–Crippen LogP) is 1.46. The maximum Gasteiger partial charge on any atom is 0.222 e. The lowest BCUT2D eigenvalue weighted by Gasteiger charge is -2.27. The van der Waals surface area contributed by atoms with Crippen LogP contribution in [-0.4, -0.2) is 30.5 Å². The third-order valence-electron chi connectivity index (χ3n) is 2.52. The fraction of sp³-hybridized carbons (Fsp3) is 0.900. The van der Waals surface area contributed by atoms with Crippen LogP contribution in [0.2, 0.25) is 0 Å². The van der Waals surface area contributed by atoms with Crippen LogP contribution in [0.25, 0.3) is 0 Å². The first-order valence-corrected chi connectivity index (χ1v) is 5.10. The molecule has 1 saturated heterocycles. The topological polar surface area (TPSA) is 40.2 Å². The molecule has 13 heavy (non-hydrogen) atoms. The van der Waals surface area contributed by atoms with Gasteiger partial charge in [-0.15, -0.1) is 0 Å². The van der Waals surface area contributed by atoms with Crippen molar-refractivity contribution in [1.82, 2.24) is 4.90 Å². The predicted molar refractivity (Wildman–Crippen MR) is 49.8 cm³/mol. The van der Waals surface area contributed by atoms with Crippen LogP contribution in [0.15, 0.2) is 0 Å². The largest absolute Gasteiger partial charge is 0.343 e. The van der Waals surface area contributed by atoms with Crippen molar-refractivity contribution in [3.05, 3.63) is 0 Å². The van der Waals surface area contributed by atoms with Crippen molar-refractivity contribution in [2.24, 2.45) is 5.92 Å². The van der Waals surface area contributed by atoms with Gasteiger partial charge in [0.05, 0.1) is 6.61 Å². The molecule has 0 aliphatic carbocycles. The van der Waals surface area contributed by atoms with Crippen LogP contribution < -0.4 is 0 Å². The SMILES string of the molecule is CC(C[O])CC(=O)N1CCCCC1. The molecule has 1 atom stereocenters. The highest BCUT2D eigenvalue weighted by molar-refractivity contribution is 5.76. The molecule has 0 bridgehead atoms. The van der Waals surface area contributed by atoms with Gasteiger partial charge in [-0.2, -0.15) is 0 Å². The Balaban J connectivity index is 2.29. The van der Waals surface area contributed by atoms with E-state index in [9.17, 15) is 9.90 Å². The number of nitrogens with zero attached hydrogens (tertiary/aromatic N) is 1. The van der Waals surface area contributed by atoms with Crippen molar-refractivity contribution >= 4 is 5.91 Å². The van der Waals surface area contributed by atoms with Crippen molar-refractivity contribution in [3.8, 4) is 0 Å². The van der Waals surface area contributed by atoms with E-state index in [0.717, 1.165) is 25.9 Å². The third kappa shape index (κ3) is 3.35. The molecular formula is C10H18NO2. The van der Waals surface area contributed by atoms with Crippen molar-refractivity contribution in [1.29, 1.82) is 0 Å². The van der Waals surface area contributed by atoms with Gasteiger partial charge in [-0.05, 0) is 25.2 Å². The normalized spacial score (nSPS) is 20.0. The number of piperidine rings is 1. The molecule has 0 saturated carbocycles. The van der Waals surface area contributed by atoms with Gasteiger partial charge in [0.2, 0.25) is 5.91 Å². The van der Waals surface area contributed by atoms with Gasteiger partial charge in [-0.25, -0.2) is 5.11 Å². The zero-order valence-electron chi connectivity index (χ0n) is 8.29. The summed E-state index contributed by atoms with van der Waals surface area (Å²) in [7, 11) is 0. The van der Waals surface area contributed by atoms with E-state index in [0.29, 0.717) is 6.42 Å². The summed E-state index contributed by atoms with van der Waals surface area (Å²) in [6.45, 7) is 3.49. The van der Waals surface area contributed by atoms with Gasteiger partial charge in [-0.1, -0.05) is 6.92 Å². The second-order valence-corrected chi connectivity index (χ2v) is 3.92. The highest BCUT2D eigenvalue weighted by atomic mass is 16.3. The Kier molecular flexibility index (Phi) is 4.22. The number of amides is 1. The molecule has 1 aliphatic heterocycles. The summed E-state index contributed by atoms with van der Waals surface area (Å²) in [6, 6.07) is 0. The van der Waals surface area contributed by atoms with Gasteiger partial charge in [-0.3, -0.25) is 4.79 Å². The first-order chi connectivity index (χ1) is 6.24. The van der Waals surface area contributed by atoms with Gasteiger partial charge in [0.1, 0.15) is 0 Å². The van der Waals surface area contributed by atoms with Gasteiger partial charge in [0, 0.05) is 19.5 Å². The molecule has 1 fully saturated rings. The van der Waals surface area contributed by atoms with Crippen molar-refractivity contribution in [2.45, 2.75) is 32.6 Å². The van der Waals surface area contributed by atoms with Crippen LogP contribution in [0.4, 0.5) is 0 Å². The summed E-state index contributed by atoms with van der Waals surface area (Å²) in [5, 5.41) is 10.5. The molecule has 0 aromatic carbocycles. The summed E-state index contributed by atoms with van der Waals surface area (Å²) < 4.78 is 0. The number of carbonyl (C=O) groups excluding carboxylic acids is 1. The second kappa shape index (κ2) is 5.22. The Bertz CT molecular complexity index is 164. The van der Waals surface area contributed by atoms with E-state index >= 15 is 0 Å². The van der Waals surface area contributed by atoms with Gasteiger partial charge < -0.3 is 4.90 Å². The van der Waals surface area contributed by atoms with Crippen molar-refractivity contribution in [3.63, 3.8) is 0 Å². The summed E-state index contributed by atoms with van der Waals surface area (Å²) >= 11 is 0. The molecule has 0 spiro atoms. The average molecular weight is 184 g/mol. The smallest absolute Gasteiger partial charge is 0.222 e. The molecule has 1 unspecified atom stereocenters. The molecule has 1 rings (SSSR count). The summed E-state index contributed by atoms with van der Waals surface area (Å²) in [4.78, 5) is 13.5. The Morgan fingerprint density at radius 1 is 1.31 bits per heavy atom. The van der Waals surface area contributed by atoms with Crippen LogP contribution in [0.1, 0.15) is 32.6 Å². The number of carbonyl (C=O) groups is 1. The molecule has 0 aromatic rings. The Hall–Kier alpha value is -0.570. The molecule has 1 amide bonds. The number of rotatable bonds is 3. The number of likely N-dealkylation sites (tertiary alicyclic amines) is 1. The fourth-order valence-corrected chi connectivity index (χ4v) is 1.63. The van der Waals surface area contributed by atoms with Gasteiger partial charge in [0.25, 0.3) is 0 Å². The summed E-state index contributed by atoms with van der Waals surface area (Å²) in [6.07, 6.45) is 3.92.